The van der Waals surface area contributed by atoms with E-state index in [0.717, 1.165) is 24.5 Å². The molecule has 25 heavy (non-hydrogen) atoms. The molecule has 0 spiro atoms. The van der Waals surface area contributed by atoms with E-state index in [2.05, 4.69) is 35.1 Å². The molecular weight excluding hydrogens is 324 g/mol. The fourth-order valence-corrected chi connectivity index (χ4v) is 3.05. The highest BCUT2D eigenvalue weighted by Gasteiger charge is 2.23. The van der Waals surface area contributed by atoms with Gasteiger partial charge in [0.1, 0.15) is 23.9 Å². The van der Waals surface area contributed by atoms with Gasteiger partial charge >= 0.3 is 0 Å². The van der Waals surface area contributed by atoms with Crippen molar-refractivity contribution >= 4 is 0 Å². The maximum absolute atomic E-state index is 13.7. The molecule has 1 aromatic rings. The van der Waals surface area contributed by atoms with Gasteiger partial charge in [0, 0.05) is 30.2 Å². The molecule has 1 unspecified atom stereocenters. The van der Waals surface area contributed by atoms with Crippen LogP contribution in [0.25, 0.3) is 0 Å². The van der Waals surface area contributed by atoms with Crippen LogP contribution in [0.3, 0.4) is 0 Å². The molecule has 2 aliphatic rings. The SMILES string of the molecule is CC1=CNCC=C1N1C(C)=CC(OCc2ncc(F)cc2F)=CC1C. The van der Waals surface area contributed by atoms with Gasteiger partial charge in [-0.3, -0.25) is 4.98 Å². The quantitative estimate of drug-likeness (QED) is 0.902. The monoisotopic (exact) mass is 345 g/mol. The molecule has 1 aromatic heterocycles. The average molecular weight is 345 g/mol. The highest BCUT2D eigenvalue weighted by atomic mass is 19.1. The van der Waals surface area contributed by atoms with Crippen molar-refractivity contribution in [1.29, 1.82) is 0 Å². The molecule has 0 fully saturated rings. The number of aromatic nitrogens is 1. The molecular formula is C19H21F2N3O. The summed E-state index contributed by atoms with van der Waals surface area (Å²) in [7, 11) is 0. The molecule has 0 amide bonds. The molecule has 1 N–H and O–H groups in total. The molecule has 0 radical (unpaired) electrons. The Labute approximate surface area is 146 Å². The van der Waals surface area contributed by atoms with E-state index < -0.39 is 11.6 Å². The zero-order chi connectivity index (χ0) is 18.0. The second-order valence-electron chi connectivity index (χ2n) is 6.16. The Morgan fingerprint density at radius 2 is 2.16 bits per heavy atom. The maximum Gasteiger partial charge on any atom is 0.151 e. The molecule has 6 heteroatoms. The summed E-state index contributed by atoms with van der Waals surface area (Å²) in [4.78, 5) is 5.97. The van der Waals surface area contributed by atoms with Crippen LogP contribution in [0.2, 0.25) is 0 Å². The van der Waals surface area contributed by atoms with E-state index >= 15 is 0 Å². The van der Waals surface area contributed by atoms with Crippen LogP contribution >= 0.6 is 0 Å². The van der Waals surface area contributed by atoms with Gasteiger partial charge in [0.15, 0.2) is 5.82 Å². The highest BCUT2D eigenvalue weighted by Crippen LogP contribution is 2.29. The molecule has 0 bridgehead atoms. The summed E-state index contributed by atoms with van der Waals surface area (Å²) in [6, 6.07) is 0.907. The Morgan fingerprint density at radius 3 is 2.84 bits per heavy atom. The number of hydrogen-bond donors (Lipinski definition) is 1. The van der Waals surface area contributed by atoms with Gasteiger partial charge in [0.25, 0.3) is 0 Å². The van der Waals surface area contributed by atoms with Crippen LogP contribution in [-0.4, -0.2) is 22.5 Å². The molecule has 0 saturated carbocycles. The van der Waals surface area contributed by atoms with Gasteiger partial charge in [-0.1, -0.05) is 0 Å². The van der Waals surface area contributed by atoms with E-state index in [9.17, 15) is 8.78 Å². The van der Waals surface area contributed by atoms with Crippen LogP contribution in [0.1, 0.15) is 26.5 Å². The van der Waals surface area contributed by atoms with E-state index in [1.165, 1.54) is 11.3 Å². The average Bonchev–Trinajstić information content (AvgIpc) is 2.55. The number of allylic oxidation sites excluding steroid dienone is 3. The highest BCUT2D eigenvalue weighted by molar-refractivity contribution is 5.38. The lowest BCUT2D eigenvalue weighted by atomic mass is 10.0. The van der Waals surface area contributed by atoms with Crippen LogP contribution < -0.4 is 5.32 Å². The number of rotatable bonds is 4. The number of halogens is 2. The number of nitrogens with one attached hydrogen (secondary N) is 1. The second-order valence-corrected chi connectivity index (χ2v) is 6.16. The lowest BCUT2D eigenvalue weighted by molar-refractivity contribution is 0.193. The predicted molar refractivity (Wildman–Crippen MR) is 91.9 cm³/mol. The maximum atomic E-state index is 13.7. The van der Waals surface area contributed by atoms with Crippen molar-refractivity contribution < 1.29 is 13.5 Å². The Balaban J connectivity index is 1.72. The largest absolute Gasteiger partial charge is 0.487 e. The van der Waals surface area contributed by atoms with Crippen molar-refractivity contribution in [3.05, 3.63) is 76.7 Å². The van der Waals surface area contributed by atoms with Gasteiger partial charge in [-0.05, 0) is 44.6 Å². The Kier molecular flexibility index (Phi) is 4.88. The number of nitrogens with zero attached hydrogens (tertiary/aromatic N) is 2. The van der Waals surface area contributed by atoms with Crippen LogP contribution in [0.15, 0.2) is 59.4 Å². The second kappa shape index (κ2) is 7.09. The van der Waals surface area contributed by atoms with Crippen LogP contribution in [-0.2, 0) is 11.3 Å². The summed E-state index contributed by atoms with van der Waals surface area (Å²) in [5.41, 5.74) is 3.46. The number of pyridine rings is 1. The Hall–Kier alpha value is -2.63. The standard InChI is InChI=1S/C19H21F2N3O/c1-12-9-22-5-4-19(12)24-13(2)6-16(7-14(24)3)25-11-18-17(21)8-15(20)10-23-18/h4,6-10,13,22H,5,11H2,1-3H3. The first kappa shape index (κ1) is 17.2. The molecule has 1 atom stereocenters. The topological polar surface area (TPSA) is 37.4 Å². The summed E-state index contributed by atoms with van der Waals surface area (Å²) >= 11 is 0. The molecule has 3 heterocycles. The van der Waals surface area contributed by atoms with Crippen LogP contribution in [0.4, 0.5) is 8.78 Å². The van der Waals surface area contributed by atoms with Crippen molar-refractivity contribution in [3.63, 3.8) is 0 Å². The van der Waals surface area contributed by atoms with E-state index in [4.69, 9.17) is 4.74 Å². The fourth-order valence-electron chi connectivity index (χ4n) is 3.05. The minimum absolute atomic E-state index is 0.0417. The molecule has 3 rings (SSSR count). The lowest BCUT2D eigenvalue weighted by Gasteiger charge is -2.37. The third-order valence-electron chi connectivity index (χ3n) is 4.20. The molecule has 2 aliphatic heterocycles. The number of hydrogen-bond acceptors (Lipinski definition) is 4. The number of ether oxygens (including phenoxy) is 1. The van der Waals surface area contributed by atoms with Gasteiger partial charge in [-0.15, -0.1) is 0 Å². The first-order chi connectivity index (χ1) is 12.0. The summed E-state index contributed by atoms with van der Waals surface area (Å²) in [5, 5.41) is 3.20. The van der Waals surface area contributed by atoms with E-state index in [0.29, 0.717) is 5.76 Å². The van der Waals surface area contributed by atoms with Crippen LogP contribution in [0, 0.1) is 11.6 Å². The van der Waals surface area contributed by atoms with Crippen molar-refractivity contribution in [3.8, 4) is 0 Å². The van der Waals surface area contributed by atoms with Gasteiger partial charge in [0.05, 0.1) is 12.2 Å². The zero-order valence-electron chi connectivity index (χ0n) is 14.5. The minimum atomic E-state index is -0.701. The van der Waals surface area contributed by atoms with E-state index in [1.54, 1.807) is 0 Å². The summed E-state index contributed by atoms with van der Waals surface area (Å²) in [6.07, 6.45) is 9.04. The molecule has 0 aromatic carbocycles. The van der Waals surface area contributed by atoms with E-state index in [1.807, 2.05) is 25.3 Å². The first-order valence-corrected chi connectivity index (χ1v) is 8.18. The third kappa shape index (κ3) is 3.73. The summed E-state index contributed by atoms with van der Waals surface area (Å²) in [6.45, 7) is 6.91. The first-order valence-electron chi connectivity index (χ1n) is 8.18. The molecule has 0 saturated heterocycles. The molecule has 132 valence electrons. The summed E-state index contributed by atoms with van der Waals surface area (Å²) in [5.74, 6) is -0.743. The zero-order valence-corrected chi connectivity index (χ0v) is 14.5. The van der Waals surface area contributed by atoms with Crippen molar-refractivity contribution in [2.75, 3.05) is 6.54 Å². The molecule has 4 nitrogen and oxygen atoms in total. The third-order valence-corrected chi connectivity index (χ3v) is 4.20. The molecule has 0 aliphatic carbocycles. The van der Waals surface area contributed by atoms with Gasteiger partial charge < -0.3 is 15.0 Å². The van der Waals surface area contributed by atoms with Gasteiger partial charge in [-0.2, -0.15) is 0 Å². The van der Waals surface area contributed by atoms with Crippen molar-refractivity contribution in [2.24, 2.45) is 0 Å². The Bertz CT molecular complexity index is 796. The predicted octanol–water partition coefficient (Wildman–Crippen LogP) is 3.76. The van der Waals surface area contributed by atoms with E-state index in [-0.39, 0.29) is 18.3 Å². The number of dihydropyridines is 1. The lowest BCUT2D eigenvalue weighted by Crippen LogP contribution is -2.34. The smallest absolute Gasteiger partial charge is 0.151 e. The fraction of sp³-hybridized carbons (Fsp3) is 0.316. The van der Waals surface area contributed by atoms with Crippen molar-refractivity contribution in [1.82, 2.24) is 15.2 Å². The Morgan fingerprint density at radius 1 is 1.36 bits per heavy atom. The van der Waals surface area contributed by atoms with Crippen molar-refractivity contribution in [2.45, 2.75) is 33.4 Å². The van der Waals surface area contributed by atoms with Gasteiger partial charge in [0.2, 0.25) is 0 Å². The normalized spacial score (nSPS) is 20.2. The minimum Gasteiger partial charge on any atom is -0.487 e. The van der Waals surface area contributed by atoms with Gasteiger partial charge in [-0.25, -0.2) is 8.78 Å². The summed E-state index contributed by atoms with van der Waals surface area (Å²) < 4.78 is 32.3. The van der Waals surface area contributed by atoms with Crippen LogP contribution in [0.5, 0.6) is 0 Å².